The molecule has 1 aromatic heterocycles. The van der Waals surface area contributed by atoms with Crippen LogP contribution in [0.25, 0.3) is 0 Å². The second-order valence-corrected chi connectivity index (χ2v) is 8.13. The molecule has 1 amide bonds. The first kappa shape index (κ1) is 18.5. The van der Waals surface area contributed by atoms with Crippen molar-refractivity contribution < 1.29 is 4.79 Å². The Morgan fingerprint density at radius 3 is 2.58 bits per heavy atom. The van der Waals surface area contributed by atoms with Crippen molar-refractivity contribution in [3.63, 3.8) is 0 Å². The molecule has 1 heterocycles. The zero-order chi connectivity index (χ0) is 17.5. The quantitative estimate of drug-likeness (QED) is 0.699. The van der Waals surface area contributed by atoms with Gasteiger partial charge in [-0.25, -0.2) is 0 Å². The Labute approximate surface area is 151 Å². The summed E-state index contributed by atoms with van der Waals surface area (Å²) in [6.07, 6.45) is 0. The molecule has 0 atom stereocenters. The lowest BCUT2D eigenvalue weighted by Gasteiger charge is -2.12. The number of amides is 1. The van der Waals surface area contributed by atoms with Gasteiger partial charge in [0.2, 0.25) is 11.0 Å². The van der Waals surface area contributed by atoms with Gasteiger partial charge in [-0.2, -0.15) is 0 Å². The third kappa shape index (κ3) is 6.01. The van der Waals surface area contributed by atoms with E-state index in [4.69, 9.17) is 0 Å². The van der Waals surface area contributed by atoms with Crippen LogP contribution in [0.3, 0.4) is 0 Å². The van der Waals surface area contributed by atoms with Crippen LogP contribution in [0.5, 0.6) is 0 Å². The van der Waals surface area contributed by atoms with E-state index < -0.39 is 0 Å². The van der Waals surface area contributed by atoms with Gasteiger partial charge in [0.05, 0.1) is 5.75 Å². The number of nitrogens with zero attached hydrogens (tertiary/aromatic N) is 3. The van der Waals surface area contributed by atoms with Gasteiger partial charge >= 0.3 is 0 Å². The molecular formula is C16H23N5OS2. The Morgan fingerprint density at radius 2 is 1.96 bits per heavy atom. The molecule has 130 valence electrons. The predicted molar refractivity (Wildman–Crippen MR) is 103 cm³/mol. The van der Waals surface area contributed by atoms with Crippen molar-refractivity contribution in [1.82, 2.24) is 10.2 Å². The first-order valence-electron chi connectivity index (χ1n) is 7.71. The van der Waals surface area contributed by atoms with Gasteiger partial charge in [-0.15, -0.1) is 10.2 Å². The number of benzene rings is 1. The fraction of sp³-hybridized carbons (Fsp3) is 0.438. The van der Waals surface area contributed by atoms with Crippen LogP contribution < -0.4 is 15.5 Å². The SMILES string of the molecule is CC(C)CNc1nnc(SCC(=O)Nc2ccc(N(C)C)cc2)s1. The van der Waals surface area contributed by atoms with Crippen LogP contribution in [0, 0.1) is 5.92 Å². The maximum Gasteiger partial charge on any atom is 0.234 e. The van der Waals surface area contributed by atoms with Crippen LogP contribution in [0.4, 0.5) is 16.5 Å². The summed E-state index contributed by atoms with van der Waals surface area (Å²) in [5.74, 6) is 0.813. The maximum absolute atomic E-state index is 12.0. The van der Waals surface area contributed by atoms with Crippen molar-refractivity contribution in [1.29, 1.82) is 0 Å². The largest absolute Gasteiger partial charge is 0.378 e. The minimum Gasteiger partial charge on any atom is -0.378 e. The van der Waals surface area contributed by atoms with Gasteiger partial charge in [-0.3, -0.25) is 4.79 Å². The summed E-state index contributed by atoms with van der Waals surface area (Å²) in [4.78, 5) is 14.0. The Morgan fingerprint density at radius 1 is 1.25 bits per heavy atom. The van der Waals surface area contributed by atoms with E-state index in [-0.39, 0.29) is 5.91 Å². The standard InChI is InChI=1S/C16H23N5OS2/c1-11(2)9-17-15-19-20-16(24-15)23-10-14(22)18-12-5-7-13(8-6-12)21(3)4/h5-8,11H,9-10H2,1-4H3,(H,17,19)(H,18,22). The Bertz CT molecular complexity index is 655. The molecule has 2 N–H and O–H groups in total. The van der Waals surface area contributed by atoms with Gasteiger partial charge in [0.15, 0.2) is 4.34 Å². The molecule has 0 aliphatic heterocycles. The number of hydrogen-bond acceptors (Lipinski definition) is 7. The van der Waals surface area contributed by atoms with E-state index in [1.165, 1.54) is 23.1 Å². The number of hydrogen-bond donors (Lipinski definition) is 2. The summed E-state index contributed by atoms with van der Waals surface area (Å²) in [6, 6.07) is 7.74. The molecule has 2 aromatic rings. The fourth-order valence-corrected chi connectivity index (χ4v) is 3.36. The van der Waals surface area contributed by atoms with Crippen LogP contribution in [0.15, 0.2) is 28.6 Å². The lowest BCUT2D eigenvalue weighted by atomic mass is 10.2. The van der Waals surface area contributed by atoms with E-state index in [9.17, 15) is 4.79 Å². The first-order valence-corrected chi connectivity index (χ1v) is 9.51. The Balaban J connectivity index is 1.78. The van der Waals surface area contributed by atoms with Crippen LogP contribution in [0.1, 0.15) is 13.8 Å². The topological polar surface area (TPSA) is 70.1 Å². The van der Waals surface area contributed by atoms with Crippen molar-refractivity contribution in [3.05, 3.63) is 24.3 Å². The molecule has 8 heteroatoms. The van der Waals surface area contributed by atoms with Crippen LogP contribution in [-0.4, -0.2) is 42.5 Å². The third-order valence-electron chi connectivity index (χ3n) is 3.06. The number of nitrogens with one attached hydrogen (secondary N) is 2. The molecule has 0 radical (unpaired) electrons. The molecule has 0 fully saturated rings. The number of rotatable bonds is 8. The van der Waals surface area contributed by atoms with Gasteiger partial charge in [0.1, 0.15) is 0 Å². The van der Waals surface area contributed by atoms with E-state index in [0.717, 1.165) is 27.4 Å². The highest BCUT2D eigenvalue weighted by atomic mass is 32.2. The van der Waals surface area contributed by atoms with Crippen LogP contribution >= 0.6 is 23.1 Å². The summed E-state index contributed by atoms with van der Waals surface area (Å²) >= 11 is 2.87. The molecular weight excluding hydrogens is 342 g/mol. The molecule has 0 unspecified atom stereocenters. The molecule has 0 aliphatic carbocycles. The second kappa shape index (κ2) is 8.89. The van der Waals surface area contributed by atoms with E-state index in [1.807, 2.05) is 43.3 Å². The summed E-state index contributed by atoms with van der Waals surface area (Å²) < 4.78 is 0.791. The molecule has 1 aromatic carbocycles. The molecule has 2 rings (SSSR count). The summed E-state index contributed by atoms with van der Waals surface area (Å²) in [5.41, 5.74) is 1.89. The van der Waals surface area contributed by atoms with Gasteiger partial charge in [0, 0.05) is 32.0 Å². The zero-order valence-electron chi connectivity index (χ0n) is 14.4. The van der Waals surface area contributed by atoms with Crippen molar-refractivity contribution >= 4 is 45.5 Å². The van der Waals surface area contributed by atoms with E-state index in [2.05, 4.69) is 34.7 Å². The van der Waals surface area contributed by atoms with Crippen LogP contribution in [-0.2, 0) is 4.79 Å². The highest BCUT2D eigenvalue weighted by Crippen LogP contribution is 2.25. The van der Waals surface area contributed by atoms with Gasteiger partial charge in [-0.1, -0.05) is 36.9 Å². The smallest absolute Gasteiger partial charge is 0.234 e. The average molecular weight is 366 g/mol. The number of carbonyl (C=O) groups excluding carboxylic acids is 1. The normalized spacial score (nSPS) is 10.7. The van der Waals surface area contributed by atoms with Crippen molar-refractivity contribution in [2.45, 2.75) is 18.2 Å². The minimum atomic E-state index is -0.0514. The monoisotopic (exact) mass is 365 g/mol. The fourth-order valence-electron chi connectivity index (χ4n) is 1.80. The molecule has 0 saturated heterocycles. The number of anilines is 3. The van der Waals surface area contributed by atoms with Crippen molar-refractivity contribution in [2.75, 3.05) is 41.9 Å². The lowest BCUT2D eigenvalue weighted by Crippen LogP contribution is -2.14. The highest BCUT2D eigenvalue weighted by Gasteiger charge is 2.09. The van der Waals surface area contributed by atoms with Crippen molar-refractivity contribution in [2.24, 2.45) is 5.92 Å². The summed E-state index contributed by atoms with van der Waals surface area (Å²) in [7, 11) is 3.97. The third-order valence-corrected chi connectivity index (χ3v) is 5.08. The van der Waals surface area contributed by atoms with Crippen molar-refractivity contribution in [3.8, 4) is 0 Å². The maximum atomic E-state index is 12.0. The number of aromatic nitrogens is 2. The number of thioether (sulfide) groups is 1. The van der Waals surface area contributed by atoms with E-state index in [1.54, 1.807) is 0 Å². The highest BCUT2D eigenvalue weighted by molar-refractivity contribution is 8.01. The lowest BCUT2D eigenvalue weighted by molar-refractivity contribution is -0.113. The first-order chi connectivity index (χ1) is 11.4. The molecule has 6 nitrogen and oxygen atoms in total. The number of carbonyl (C=O) groups is 1. The summed E-state index contributed by atoms with van der Waals surface area (Å²) in [6.45, 7) is 5.14. The molecule has 0 saturated carbocycles. The van der Waals surface area contributed by atoms with Gasteiger partial charge in [-0.05, 0) is 30.2 Å². The zero-order valence-corrected chi connectivity index (χ0v) is 16.0. The Hall–Kier alpha value is -1.80. The molecule has 0 bridgehead atoms. The van der Waals surface area contributed by atoms with Crippen LogP contribution in [0.2, 0.25) is 0 Å². The summed E-state index contributed by atoms with van der Waals surface area (Å²) in [5, 5.41) is 15.1. The Kier molecular flexibility index (Phi) is 6.86. The van der Waals surface area contributed by atoms with Gasteiger partial charge < -0.3 is 15.5 Å². The molecule has 0 spiro atoms. The predicted octanol–water partition coefficient (Wildman–Crippen LogP) is 3.40. The van der Waals surface area contributed by atoms with E-state index in [0.29, 0.717) is 11.7 Å². The van der Waals surface area contributed by atoms with Gasteiger partial charge in [0.25, 0.3) is 0 Å². The molecule has 0 aliphatic rings. The molecule has 24 heavy (non-hydrogen) atoms. The second-order valence-electron chi connectivity index (χ2n) is 5.93. The van der Waals surface area contributed by atoms with E-state index >= 15 is 0 Å². The minimum absolute atomic E-state index is 0.0514. The average Bonchev–Trinajstić information content (AvgIpc) is 2.99.